The van der Waals surface area contributed by atoms with Gasteiger partial charge in [-0.3, -0.25) is 0 Å². The minimum absolute atomic E-state index is 0.658. The van der Waals surface area contributed by atoms with E-state index in [4.69, 9.17) is 9.47 Å². The summed E-state index contributed by atoms with van der Waals surface area (Å²) >= 11 is 1.84. The standard InChI is InChI=1S/C11H15NO2S/c1-13-8-3-4-10(14-2)11(5-8)15-9-6-12-7-9/h3-5,9,12H,6-7H2,1-2H3. The van der Waals surface area contributed by atoms with Crippen molar-refractivity contribution in [3.05, 3.63) is 18.2 Å². The van der Waals surface area contributed by atoms with Gasteiger partial charge in [0.2, 0.25) is 0 Å². The predicted octanol–water partition coefficient (Wildman–Crippen LogP) is 1.77. The smallest absolute Gasteiger partial charge is 0.132 e. The van der Waals surface area contributed by atoms with Crippen molar-refractivity contribution in [2.24, 2.45) is 0 Å². The fourth-order valence-electron chi connectivity index (χ4n) is 1.40. The van der Waals surface area contributed by atoms with E-state index < -0.39 is 0 Å². The number of nitrogens with one attached hydrogen (secondary N) is 1. The van der Waals surface area contributed by atoms with Crippen LogP contribution in [0.1, 0.15) is 0 Å². The zero-order chi connectivity index (χ0) is 10.7. The van der Waals surface area contributed by atoms with Gasteiger partial charge in [0, 0.05) is 18.3 Å². The average Bonchev–Trinajstić information content (AvgIpc) is 2.23. The van der Waals surface area contributed by atoms with Gasteiger partial charge in [0.05, 0.1) is 19.1 Å². The lowest BCUT2D eigenvalue weighted by atomic mass is 10.3. The molecule has 1 aliphatic rings. The van der Waals surface area contributed by atoms with Gasteiger partial charge in [-0.15, -0.1) is 11.8 Å². The van der Waals surface area contributed by atoms with Crippen LogP contribution in [0.5, 0.6) is 11.5 Å². The predicted molar refractivity (Wildman–Crippen MR) is 62.1 cm³/mol. The van der Waals surface area contributed by atoms with Crippen LogP contribution in [-0.4, -0.2) is 32.6 Å². The molecule has 0 radical (unpaired) electrons. The third-order valence-electron chi connectivity index (χ3n) is 2.41. The third-order valence-corrected chi connectivity index (χ3v) is 3.65. The highest BCUT2D eigenvalue weighted by Crippen LogP contribution is 2.36. The van der Waals surface area contributed by atoms with Gasteiger partial charge in [0.1, 0.15) is 11.5 Å². The first-order valence-electron chi connectivity index (χ1n) is 4.93. The van der Waals surface area contributed by atoms with Gasteiger partial charge in [0.15, 0.2) is 0 Å². The largest absolute Gasteiger partial charge is 0.497 e. The highest BCUT2D eigenvalue weighted by molar-refractivity contribution is 8.00. The number of ether oxygens (including phenoxy) is 2. The van der Waals surface area contributed by atoms with Crippen molar-refractivity contribution in [1.29, 1.82) is 0 Å². The Morgan fingerprint density at radius 3 is 2.60 bits per heavy atom. The molecule has 1 fully saturated rings. The van der Waals surface area contributed by atoms with E-state index in [-0.39, 0.29) is 0 Å². The Hall–Kier alpha value is -0.870. The normalized spacial score (nSPS) is 15.9. The number of hydrogen-bond acceptors (Lipinski definition) is 4. The van der Waals surface area contributed by atoms with Crippen molar-refractivity contribution < 1.29 is 9.47 Å². The Kier molecular flexibility index (Phi) is 3.38. The van der Waals surface area contributed by atoms with Crippen LogP contribution in [0.15, 0.2) is 23.1 Å². The molecule has 0 aromatic heterocycles. The van der Waals surface area contributed by atoms with E-state index in [0.717, 1.165) is 29.5 Å². The second kappa shape index (κ2) is 4.77. The van der Waals surface area contributed by atoms with Gasteiger partial charge in [-0.2, -0.15) is 0 Å². The second-order valence-corrected chi connectivity index (χ2v) is 4.76. The Morgan fingerprint density at radius 1 is 1.27 bits per heavy atom. The lowest BCUT2D eigenvalue weighted by molar-refractivity contribution is 0.394. The molecule has 1 aliphatic heterocycles. The number of benzene rings is 1. The quantitative estimate of drug-likeness (QED) is 0.846. The third kappa shape index (κ3) is 2.38. The van der Waals surface area contributed by atoms with Crippen LogP contribution in [-0.2, 0) is 0 Å². The maximum Gasteiger partial charge on any atom is 0.132 e. The van der Waals surface area contributed by atoms with Gasteiger partial charge in [-0.05, 0) is 18.2 Å². The van der Waals surface area contributed by atoms with E-state index in [2.05, 4.69) is 5.32 Å². The van der Waals surface area contributed by atoms with E-state index in [0.29, 0.717) is 5.25 Å². The molecule has 1 aromatic rings. The summed E-state index contributed by atoms with van der Waals surface area (Å²) in [4.78, 5) is 1.16. The molecule has 0 aliphatic carbocycles. The van der Waals surface area contributed by atoms with Crippen molar-refractivity contribution in [3.63, 3.8) is 0 Å². The summed E-state index contributed by atoms with van der Waals surface area (Å²) in [6, 6.07) is 5.90. The van der Waals surface area contributed by atoms with Crippen molar-refractivity contribution >= 4 is 11.8 Å². The number of rotatable bonds is 4. The summed E-state index contributed by atoms with van der Waals surface area (Å²) in [5.74, 6) is 1.80. The minimum Gasteiger partial charge on any atom is -0.497 e. The van der Waals surface area contributed by atoms with Crippen LogP contribution in [0, 0.1) is 0 Å². The van der Waals surface area contributed by atoms with E-state index in [1.165, 1.54) is 0 Å². The van der Waals surface area contributed by atoms with Crippen molar-refractivity contribution in [2.45, 2.75) is 10.1 Å². The van der Waals surface area contributed by atoms with Crippen molar-refractivity contribution in [1.82, 2.24) is 5.32 Å². The summed E-state index contributed by atoms with van der Waals surface area (Å²) in [6.07, 6.45) is 0. The number of methoxy groups -OCH3 is 2. The van der Waals surface area contributed by atoms with Crippen LogP contribution in [0.3, 0.4) is 0 Å². The first-order chi connectivity index (χ1) is 7.33. The Bertz CT molecular complexity index is 339. The Labute approximate surface area is 94.2 Å². The minimum atomic E-state index is 0.658. The molecule has 3 nitrogen and oxygen atoms in total. The second-order valence-electron chi connectivity index (χ2n) is 3.41. The molecular weight excluding hydrogens is 210 g/mol. The highest BCUT2D eigenvalue weighted by atomic mass is 32.2. The molecule has 4 heteroatoms. The Balaban J connectivity index is 2.16. The SMILES string of the molecule is COc1ccc(OC)c(SC2CNC2)c1. The van der Waals surface area contributed by atoms with Gasteiger partial charge in [0.25, 0.3) is 0 Å². The topological polar surface area (TPSA) is 30.5 Å². The van der Waals surface area contributed by atoms with Gasteiger partial charge in [-0.1, -0.05) is 0 Å². The fraction of sp³-hybridized carbons (Fsp3) is 0.455. The molecule has 1 aromatic carbocycles. The molecule has 1 N–H and O–H groups in total. The molecule has 0 amide bonds. The molecule has 15 heavy (non-hydrogen) atoms. The molecule has 0 bridgehead atoms. The highest BCUT2D eigenvalue weighted by Gasteiger charge is 2.19. The number of hydrogen-bond donors (Lipinski definition) is 1. The molecule has 0 atom stereocenters. The van der Waals surface area contributed by atoms with Crippen LogP contribution in [0.25, 0.3) is 0 Å². The molecular formula is C11H15NO2S. The van der Waals surface area contributed by atoms with E-state index in [9.17, 15) is 0 Å². The van der Waals surface area contributed by atoms with Crippen LogP contribution in [0.4, 0.5) is 0 Å². The monoisotopic (exact) mass is 225 g/mol. The molecule has 82 valence electrons. The van der Waals surface area contributed by atoms with Gasteiger partial charge in [-0.25, -0.2) is 0 Å². The fourth-order valence-corrected chi connectivity index (χ4v) is 2.61. The summed E-state index contributed by atoms with van der Waals surface area (Å²) in [6.45, 7) is 2.15. The lowest BCUT2D eigenvalue weighted by Crippen LogP contribution is -2.44. The maximum atomic E-state index is 5.32. The van der Waals surface area contributed by atoms with Crippen LogP contribution < -0.4 is 14.8 Å². The van der Waals surface area contributed by atoms with Crippen LogP contribution in [0.2, 0.25) is 0 Å². The summed E-state index contributed by atoms with van der Waals surface area (Å²) in [7, 11) is 3.38. The van der Waals surface area contributed by atoms with Gasteiger partial charge >= 0.3 is 0 Å². The zero-order valence-corrected chi connectivity index (χ0v) is 9.76. The summed E-state index contributed by atoms with van der Waals surface area (Å²) in [5, 5.41) is 3.91. The van der Waals surface area contributed by atoms with E-state index in [1.54, 1.807) is 14.2 Å². The maximum absolute atomic E-state index is 5.32. The van der Waals surface area contributed by atoms with Crippen LogP contribution >= 0.6 is 11.8 Å². The molecule has 1 saturated heterocycles. The average molecular weight is 225 g/mol. The summed E-state index contributed by atoms with van der Waals surface area (Å²) < 4.78 is 10.5. The first kappa shape index (κ1) is 10.6. The number of thioether (sulfide) groups is 1. The van der Waals surface area contributed by atoms with Crippen molar-refractivity contribution in [3.8, 4) is 11.5 Å². The molecule has 0 unspecified atom stereocenters. The summed E-state index contributed by atoms with van der Waals surface area (Å²) in [5.41, 5.74) is 0. The van der Waals surface area contributed by atoms with E-state index in [1.807, 2.05) is 30.0 Å². The molecule has 0 spiro atoms. The van der Waals surface area contributed by atoms with E-state index >= 15 is 0 Å². The first-order valence-corrected chi connectivity index (χ1v) is 5.81. The van der Waals surface area contributed by atoms with Gasteiger partial charge < -0.3 is 14.8 Å². The van der Waals surface area contributed by atoms with Crippen molar-refractivity contribution in [2.75, 3.05) is 27.3 Å². The molecule has 1 heterocycles. The molecule has 0 saturated carbocycles. The molecule has 2 rings (SSSR count). The lowest BCUT2D eigenvalue weighted by Gasteiger charge is -2.27. The Morgan fingerprint density at radius 2 is 2.07 bits per heavy atom. The zero-order valence-electron chi connectivity index (χ0n) is 8.95.